The highest BCUT2D eigenvalue weighted by Gasteiger charge is 1.99. The van der Waals surface area contributed by atoms with Crippen LogP contribution in [0.5, 0.6) is 5.75 Å². The summed E-state index contributed by atoms with van der Waals surface area (Å²) in [6, 6.07) is 8.37. The number of hydrogen-bond donors (Lipinski definition) is 2. The molecule has 0 radical (unpaired) electrons. The van der Waals surface area contributed by atoms with E-state index in [0.29, 0.717) is 5.56 Å². The molecule has 1 aromatic rings. The maximum absolute atomic E-state index is 9.16. The molecule has 14 heavy (non-hydrogen) atoms. The Morgan fingerprint density at radius 2 is 2.29 bits per heavy atom. The summed E-state index contributed by atoms with van der Waals surface area (Å²) >= 11 is 4.67. The first-order valence-electron chi connectivity index (χ1n) is 3.84. The van der Waals surface area contributed by atoms with Crippen LogP contribution in [0.25, 0.3) is 6.08 Å². The van der Waals surface area contributed by atoms with Gasteiger partial charge in [-0.05, 0) is 23.8 Å². The average Bonchev–Trinajstić information content (AvgIpc) is 2.14. The first-order chi connectivity index (χ1) is 6.63. The fourth-order valence-corrected chi connectivity index (χ4v) is 1.04. The van der Waals surface area contributed by atoms with Crippen LogP contribution in [-0.4, -0.2) is 10.1 Å². The van der Waals surface area contributed by atoms with Gasteiger partial charge in [0.25, 0.3) is 0 Å². The molecule has 0 aliphatic carbocycles. The van der Waals surface area contributed by atoms with Gasteiger partial charge in [0.2, 0.25) is 0 Å². The molecule has 0 bridgehead atoms. The van der Waals surface area contributed by atoms with E-state index in [0.717, 1.165) is 0 Å². The van der Waals surface area contributed by atoms with Gasteiger partial charge in [-0.25, -0.2) is 0 Å². The average molecular weight is 204 g/mol. The van der Waals surface area contributed by atoms with Crippen LogP contribution in [0.1, 0.15) is 5.56 Å². The summed E-state index contributed by atoms with van der Waals surface area (Å²) in [5.74, 6) is 0.138. The van der Waals surface area contributed by atoms with Crippen molar-refractivity contribution in [1.29, 1.82) is 5.26 Å². The zero-order chi connectivity index (χ0) is 10.6. The van der Waals surface area contributed by atoms with Gasteiger partial charge in [-0.2, -0.15) is 5.26 Å². The van der Waals surface area contributed by atoms with Gasteiger partial charge >= 0.3 is 0 Å². The van der Waals surface area contributed by atoms with Gasteiger partial charge < -0.3 is 10.8 Å². The molecule has 0 unspecified atom stereocenters. The molecule has 0 aliphatic rings. The second-order valence-electron chi connectivity index (χ2n) is 2.63. The number of thiocarbonyl (C=S) groups is 1. The number of benzene rings is 1. The van der Waals surface area contributed by atoms with E-state index < -0.39 is 0 Å². The fraction of sp³-hybridized carbons (Fsp3) is 0. The standard InChI is InChI=1S/C10H8N2OS/c11-6-8(10(12)14)4-7-2-1-3-9(13)5-7/h1-5,13H,(H2,12,14). The Labute approximate surface area is 87.1 Å². The van der Waals surface area contributed by atoms with Crippen molar-refractivity contribution in [3.63, 3.8) is 0 Å². The Hall–Kier alpha value is -1.86. The minimum atomic E-state index is 0.0517. The van der Waals surface area contributed by atoms with Crippen LogP contribution in [0.2, 0.25) is 0 Å². The first kappa shape index (κ1) is 10.2. The topological polar surface area (TPSA) is 70.0 Å². The molecule has 0 aromatic heterocycles. The molecule has 0 atom stereocenters. The molecular formula is C10H8N2OS. The number of phenolic OH excluding ortho intramolecular Hbond substituents is 1. The quantitative estimate of drug-likeness (QED) is 0.436. The monoisotopic (exact) mass is 204 g/mol. The number of nitriles is 1. The lowest BCUT2D eigenvalue weighted by Gasteiger charge is -1.96. The van der Waals surface area contributed by atoms with Gasteiger partial charge in [0.15, 0.2) is 0 Å². The number of aromatic hydroxyl groups is 1. The maximum Gasteiger partial charge on any atom is 0.116 e. The summed E-state index contributed by atoms with van der Waals surface area (Å²) in [5.41, 5.74) is 6.23. The molecule has 1 rings (SSSR count). The summed E-state index contributed by atoms with van der Waals surface area (Å²) in [7, 11) is 0. The molecular weight excluding hydrogens is 196 g/mol. The van der Waals surface area contributed by atoms with E-state index in [2.05, 4.69) is 12.2 Å². The van der Waals surface area contributed by atoms with Gasteiger partial charge in [0, 0.05) is 0 Å². The Bertz CT molecular complexity index is 432. The van der Waals surface area contributed by atoms with Crippen LogP contribution in [0.15, 0.2) is 29.8 Å². The SMILES string of the molecule is N#CC(=Cc1cccc(O)c1)C(N)=S. The van der Waals surface area contributed by atoms with E-state index in [9.17, 15) is 0 Å². The second kappa shape index (κ2) is 4.40. The van der Waals surface area contributed by atoms with Gasteiger partial charge in [0.1, 0.15) is 16.8 Å². The van der Waals surface area contributed by atoms with Crippen LogP contribution in [0.4, 0.5) is 0 Å². The number of hydrogen-bond acceptors (Lipinski definition) is 3. The molecule has 70 valence electrons. The van der Waals surface area contributed by atoms with Crippen LogP contribution in [0.3, 0.4) is 0 Å². The third-order valence-corrected chi connectivity index (χ3v) is 1.79. The summed E-state index contributed by atoms with van der Waals surface area (Å²) < 4.78 is 0. The normalized spacial score (nSPS) is 10.6. The number of nitrogens with zero attached hydrogens (tertiary/aromatic N) is 1. The largest absolute Gasteiger partial charge is 0.508 e. The Morgan fingerprint density at radius 3 is 2.79 bits per heavy atom. The highest BCUT2D eigenvalue weighted by molar-refractivity contribution is 7.80. The minimum Gasteiger partial charge on any atom is -0.508 e. The van der Waals surface area contributed by atoms with E-state index in [4.69, 9.17) is 16.1 Å². The third kappa shape index (κ3) is 2.57. The highest BCUT2D eigenvalue weighted by Crippen LogP contribution is 2.13. The van der Waals surface area contributed by atoms with Gasteiger partial charge in [0.05, 0.1) is 5.57 Å². The molecule has 0 saturated heterocycles. The minimum absolute atomic E-state index is 0.0517. The van der Waals surface area contributed by atoms with Crippen molar-refractivity contribution < 1.29 is 5.11 Å². The Balaban J connectivity index is 3.08. The Kier molecular flexibility index (Phi) is 3.21. The van der Waals surface area contributed by atoms with Crippen molar-refractivity contribution in [3.8, 4) is 11.8 Å². The van der Waals surface area contributed by atoms with E-state index >= 15 is 0 Å². The van der Waals surface area contributed by atoms with Crippen LogP contribution >= 0.6 is 12.2 Å². The van der Waals surface area contributed by atoms with Gasteiger partial charge in [-0.15, -0.1) is 0 Å². The smallest absolute Gasteiger partial charge is 0.116 e. The molecule has 0 amide bonds. The number of rotatable bonds is 2. The summed E-state index contributed by atoms with van der Waals surface area (Å²) in [6.45, 7) is 0. The second-order valence-corrected chi connectivity index (χ2v) is 3.07. The van der Waals surface area contributed by atoms with Crippen molar-refractivity contribution in [2.75, 3.05) is 0 Å². The van der Waals surface area contributed by atoms with Crippen LogP contribution in [0, 0.1) is 11.3 Å². The predicted octanol–water partition coefficient (Wildman–Crippen LogP) is 1.59. The summed E-state index contributed by atoms with van der Waals surface area (Å²) in [5, 5.41) is 17.8. The van der Waals surface area contributed by atoms with Crippen LogP contribution < -0.4 is 5.73 Å². The molecule has 1 aromatic carbocycles. The molecule has 0 saturated carbocycles. The van der Waals surface area contributed by atoms with Crippen molar-refractivity contribution in [2.24, 2.45) is 5.73 Å². The zero-order valence-corrected chi connectivity index (χ0v) is 8.08. The lowest BCUT2D eigenvalue weighted by Crippen LogP contribution is -2.09. The maximum atomic E-state index is 9.16. The van der Waals surface area contributed by atoms with E-state index in [-0.39, 0.29) is 16.3 Å². The molecule has 3 N–H and O–H groups in total. The first-order valence-corrected chi connectivity index (χ1v) is 4.25. The third-order valence-electron chi connectivity index (χ3n) is 1.57. The van der Waals surface area contributed by atoms with Crippen LogP contribution in [-0.2, 0) is 0 Å². The number of phenols is 1. The lowest BCUT2D eigenvalue weighted by atomic mass is 10.1. The zero-order valence-electron chi connectivity index (χ0n) is 7.27. The molecule has 0 aliphatic heterocycles. The predicted molar refractivity (Wildman–Crippen MR) is 58.5 cm³/mol. The summed E-state index contributed by atoms with van der Waals surface area (Å²) in [6.07, 6.45) is 1.53. The van der Waals surface area contributed by atoms with E-state index in [1.165, 1.54) is 12.1 Å². The lowest BCUT2D eigenvalue weighted by molar-refractivity contribution is 0.475. The van der Waals surface area contributed by atoms with Crippen molar-refractivity contribution >= 4 is 23.3 Å². The molecule has 0 fully saturated rings. The molecule has 4 heteroatoms. The summed E-state index contributed by atoms with van der Waals surface area (Å²) in [4.78, 5) is 0.0517. The van der Waals surface area contributed by atoms with E-state index in [1.54, 1.807) is 18.2 Å². The van der Waals surface area contributed by atoms with Crippen molar-refractivity contribution in [1.82, 2.24) is 0 Å². The number of nitrogens with two attached hydrogens (primary N) is 1. The van der Waals surface area contributed by atoms with E-state index in [1.807, 2.05) is 6.07 Å². The van der Waals surface area contributed by atoms with Crippen molar-refractivity contribution in [2.45, 2.75) is 0 Å². The highest BCUT2D eigenvalue weighted by atomic mass is 32.1. The van der Waals surface area contributed by atoms with Gasteiger partial charge in [-0.3, -0.25) is 0 Å². The van der Waals surface area contributed by atoms with Gasteiger partial charge in [-0.1, -0.05) is 24.4 Å². The molecule has 0 spiro atoms. The van der Waals surface area contributed by atoms with Crippen molar-refractivity contribution in [3.05, 3.63) is 35.4 Å². The fourth-order valence-electron chi connectivity index (χ4n) is 0.940. The molecule has 0 heterocycles. The molecule has 3 nitrogen and oxygen atoms in total. The Morgan fingerprint density at radius 1 is 1.57 bits per heavy atom.